The number of imidazole rings is 1. The van der Waals surface area contributed by atoms with Crippen LogP contribution in [0.25, 0.3) is 5.57 Å². The maximum atomic E-state index is 13.1. The zero-order valence-electron chi connectivity index (χ0n) is 25.3. The van der Waals surface area contributed by atoms with Crippen LogP contribution in [0.1, 0.15) is 64.9 Å². The SMILES string of the molecule is CC.CC.COC1N=CN=C(C2CC2)C1C1C=CC(NCC2C=CCC(c3nc(C(F)(F)F)cn3C)=CC2)=C(O)C=N1. The maximum absolute atomic E-state index is 13.1. The second-order valence-corrected chi connectivity index (χ2v) is 9.97. The van der Waals surface area contributed by atoms with Crippen LogP contribution < -0.4 is 5.32 Å². The van der Waals surface area contributed by atoms with Gasteiger partial charge in [-0.15, -0.1) is 0 Å². The summed E-state index contributed by atoms with van der Waals surface area (Å²) in [6.07, 6.45) is 12.2. The average molecular weight is 589 g/mol. The minimum Gasteiger partial charge on any atom is -0.504 e. The molecule has 0 bridgehead atoms. The second-order valence-electron chi connectivity index (χ2n) is 9.97. The number of methoxy groups -OCH3 is 1. The number of nitrogens with zero attached hydrogens (tertiary/aromatic N) is 5. The number of aliphatic hydroxyl groups excluding tert-OH is 1. The van der Waals surface area contributed by atoms with E-state index in [4.69, 9.17) is 4.74 Å². The Balaban J connectivity index is 0.00000116. The molecule has 0 radical (unpaired) electrons. The molecule has 3 heterocycles. The molecule has 1 aromatic rings. The summed E-state index contributed by atoms with van der Waals surface area (Å²) >= 11 is 0. The molecule has 0 saturated heterocycles. The van der Waals surface area contributed by atoms with Gasteiger partial charge in [0.25, 0.3) is 0 Å². The van der Waals surface area contributed by atoms with Gasteiger partial charge in [0.05, 0.1) is 23.9 Å². The first-order chi connectivity index (χ1) is 20.2. The predicted octanol–water partition coefficient (Wildman–Crippen LogP) is 6.69. The van der Waals surface area contributed by atoms with Crippen LogP contribution in [0.5, 0.6) is 0 Å². The summed E-state index contributed by atoms with van der Waals surface area (Å²) < 4.78 is 46.3. The fraction of sp³-hybridized carbons (Fsp3) is 0.548. The number of hydrogen-bond acceptors (Lipinski definition) is 7. The lowest BCUT2D eigenvalue weighted by molar-refractivity contribution is -0.141. The minimum atomic E-state index is -4.48. The van der Waals surface area contributed by atoms with Gasteiger partial charge in [0.15, 0.2) is 17.7 Å². The lowest BCUT2D eigenvalue weighted by Gasteiger charge is -2.30. The monoisotopic (exact) mass is 588 g/mol. The first-order valence-corrected chi connectivity index (χ1v) is 14.7. The molecule has 1 fully saturated rings. The molecular formula is C31H43F3N6O2. The molecule has 2 aliphatic heterocycles. The second kappa shape index (κ2) is 15.1. The largest absolute Gasteiger partial charge is 0.504 e. The fourth-order valence-electron chi connectivity index (χ4n) is 5.04. The molecule has 11 heteroatoms. The molecule has 1 saturated carbocycles. The summed E-state index contributed by atoms with van der Waals surface area (Å²) in [5.74, 6) is 0.734. The van der Waals surface area contributed by atoms with E-state index < -0.39 is 11.9 Å². The molecule has 230 valence electrons. The molecule has 4 aliphatic rings. The lowest BCUT2D eigenvalue weighted by Crippen LogP contribution is -2.39. The quantitative estimate of drug-likeness (QED) is 0.347. The van der Waals surface area contributed by atoms with Crippen LogP contribution in [0.15, 0.2) is 63.0 Å². The first kappa shape index (κ1) is 33.0. The number of aliphatic hydroxyl groups is 1. The Bertz CT molecular complexity index is 1270. The van der Waals surface area contributed by atoms with Crippen molar-refractivity contribution in [2.45, 2.75) is 71.8 Å². The van der Waals surface area contributed by atoms with Gasteiger partial charge in [0.2, 0.25) is 0 Å². The zero-order valence-corrected chi connectivity index (χ0v) is 25.3. The minimum absolute atomic E-state index is 0.0310. The fourth-order valence-corrected chi connectivity index (χ4v) is 5.04. The molecule has 1 aromatic heterocycles. The molecule has 8 nitrogen and oxygen atoms in total. The van der Waals surface area contributed by atoms with E-state index in [1.165, 1.54) is 10.8 Å². The number of aliphatic imine (C=N–C) groups is 3. The molecule has 2 aliphatic carbocycles. The molecule has 4 atom stereocenters. The van der Waals surface area contributed by atoms with E-state index >= 15 is 0 Å². The Morgan fingerprint density at radius 1 is 1.12 bits per heavy atom. The van der Waals surface area contributed by atoms with Gasteiger partial charge in [-0.1, -0.05) is 52.0 Å². The molecule has 2 N–H and O–H groups in total. The number of allylic oxidation sites excluding steroid dienone is 5. The van der Waals surface area contributed by atoms with E-state index in [2.05, 4.69) is 25.3 Å². The van der Waals surface area contributed by atoms with E-state index in [9.17, 15) is 18.3 Å². The molecule has 0 spiro atoms. The zero-order chi connectivity index (χ0) is 30.9. The van der Waals surface area contributed by atoms with Gasteiger partial charge < -0.3 is 19.7 Å². The van der Waals surface area contributed by atoms with Crippen molar-refractivity contribution in [3.8, 4) is 0 Å². The predicted molar refractivity (Wildman–Crippen MR) is 163 cm³/mol. The van der Waals surface area contributed by atoms with Crippen molar-refractivity contribution in [1.82, 2.24) is 14.9 Å². The number of nitrogens with one attached hydrogen (secondary N) is 1. The van der Waals surface area contributed by atoms with Crippen LogP contribution in [-0.4, -0.2) is 58.8 Å². The van der Waals surface area contributed by atoms with Crippen molar-refractivity contribution in [1.29, 1.82) is 0 Å². The summed E-state index contributed by atoms with van der Waals surface area (Å²) in [5.41, 5.74) is 1.47. The number of rotatable bonds is 7. The standard InChI is InChI=1S/C27H31F3N6O2.2C2H6/c1-36-14-22(27(28,29)30)35-25(36)18-5-3-4-16(6-7-18)12-31-19-10-11-20(32-13-21(19)37)23-24(17-8-9-17)33-15-34-26(23)38-2;2*1-2/h3-4,7,10-11,13-17,20,23,26,31,37H,5-6,8-9,12H2,1-2H3;2*1-2H3. The maximum Gasteiger partial charge on any atom is 0.434 e. The van der Waals surface area contributed by atoms with Crippen LogP contribution in [0, 0.1) is 17.8 Å². The normalized spacial score (nSPS) is 25.4. The van der Waals surface area contributed by atoms with Gasteiger partial charge in [0.1, 0.15) is 12.2 Å². The number of halogens is 3. The van der Waals surface area contributed by atoms with Crippen molar-refractivity contribution in [2.75, 3.05) is 13.7 Å². The molecule has 4 unspecified atom stereocenters. The lowest BCUT2D eigenvalue weighted by atomic mass is 9.89. The van der Waals surface area contributed by atoms with Crippen LogP contribution in [0.3, 0.4) is 0 Å². The Hall–Kier alpha value is -3.47. The number of alkyl halides is 3. The molecule has 0 aromatic carbocycles. The van der Waals surface area contributed by atoms with Gasteiger partial charge in [-0.3, -0.25) is 4.99 Å². The van der Waals surface area contributed by atoms with Crippen molar-refractivity contribution in [2.24, 2.45) is 39.8 Å². The molecule has 5 rings (SSSR count). The third kappa shape index (κ3) is 8.08. The Kier molecular flexibility index (Phi) is 11.9. The van der Waals surface area contributed by atoms with E-state index in [1.807, 2.05) is 58.1 Å². The molecular weight excluding hydrogens is 545 g/mol. The summed E-state index contributed by atoms with van der Waals surface area (Å²) in [7, 11) is 3.20. The highest BCUT2D eigenvalue weighted by atomic mass is 19.4. The first-order valence-electron chi connectivity index (χ1n) is 14.7. The van der Waals surface area contributed by atoms with Crippen LogP contribution >= 0.6 is 0 Å². The summed E-state index contributed by atoms with van der Waals surface area (Å²) in [6, 6.07) is -0.277. The number of ether oxygens (including phenoxy) is 1. The van der Waals surface area contributed by atoms with Crippen LogP contribution in [0.2, 0.25) is 0 Å². The third-order valence-corrected chi connectivity index (χ3v) is 7.20. The van der Waals surface area contributed by atoms with Crippen LogP contribution in [0.4, 0.5) is 13.2 Å². The van der Waals surface area contributed by atoms with Crippen molar-refractivity contribution >= 4 is 23.8 Å². The van der Waals surface area contributed by atoms with Gasteiger partial charge in [-0.05, 0) is 49.2 Å². The number of hydrogen-bond donors (Lipinski definition) is 2. The Morgan fingerprint density at radius 2 is 1.86 bits per heavy atom. The summed E-state index contributed by atoms with van der Waals surface area (Å²) in [5, 5.41) is 13.9. The highest BCUT2D eigenvalue weighted by Gasteiger charge is 2.41. The summed E-state index contributed by atoms with van der Waals surface area (Å²) in [6.45, 7) is 8.53. The van der Waals surface area contributed by atoms with Crippen molar-refractivity contribution in [3.05, 3.63) is 59.6 Å². The summed E-state index contributed by atoms with van der Waals surface area (Å²) in [4.78, 5) is 17.3. The molecule has 0 amide bonds. The van der Waals surface area contributed by atoms with E-state index in [0.29, 0.717) is 36.8 Å². The van der Waals surface area contributed by atoms with Crippen molar-refractivity contribution < 1.29 is 23.0 Å². The molecule has 42 heavy (non-hydrogen) atoms. The van der Waals surface area contributed by atoms with Gasteiger partial charge in [-0.25, -0.2) is 15.0 Å². The van der Waals surface area contributed by atoms with Crippen molar-refractivity contribution in [3.63, 3.8) is 0 Å². The highest BCUT2D eigenvalue weighted by Crippen LogP contribution is 2.38. The third-order valence-electron chi connectivity index (χ3n) is 7.20. The topological polar surface area (TPSA) is 96.4 Å². The number of aromatic nitrogens is 2. The van der Waals surface area contributed by atoms with Crippen LogP contribution in [-0.2, 0) is 18.0 Å². The highest BCUT2D eigenvalue weighted by molar-refractivity contribution is 5.98. The van der Waals surface area contributed by atoms with E-state index in [0.717, 1.165) is 30.3 Å². The van der Waals surface area contributed by atoms with Gasteiger partial charge >= 0.3 is 6.18 Å². The van der Waals surface area contributed by atoms with E-state index in [-0.39, 0.29) is 29.9 Å². The smallest absolute Gasteiger partial charge is 0.434 e. The average Bonchev–Trinajstić information content (AvgIpc) is 3.82. The Labute approximate surface area is 246 Å². The van der Waals surface area contributed by atoms with Gasteiger partial charge in [0, 0.05) is 32.6 Å². The van der Waals surface area contributed by atoms with Gasteiger partial charge in [-0.2, -0.15) is 13.2 Å². The number of aryl methyl sites for hydroxylation is 1. The van der Waals surface area contributed by atoms with E-state index in [1.54, 1.807) is 20.5 Å². The Morgan fingerprint density at radius 3 is 2.50 bits per heavy atom.